The van der Waals surface area contributed by atoms with Crippen molar-refractivity contribution in [3.8, 4) is 0 Å². The number of fused-ring (bicyclic) bond motifs is 1. The lowest BCUT2D eigenvalue weighted by Crippen LogP contribution is -2.37. The van der Waals surface area contributed by atoms with E-state index in [2.05, 4.69) is 34.1 Å². The summed E-state index contributed by atoms with van der Waals surface area (Å²) in [6.45, 7) is 2.00. The highest BCUT2D eigenvalue weighted by atomic mass is 16.5. The molecule has 0 bridgehead atoms. The molecule has 166 valence electrons. The van der Waals surface area contributed by atoms with Crippen molar-refractivity contribution in [2.24, 2.45) is 0 Å². The number of nitrogens with one attached hydrogen (secondary N) is 3. The second-order valence-electron chi connectivity index (χ2n) is 7.94. The number of aryl methyl sites for hydroxylation is 1. The predicted molar refractivity (Wildman–Crippen MR) is 122 cm³/mol. The van der Waals surface area contributed by atoms with Crippen LogP contribution in [0, 0.1) is 0 Å². The summed E-state index contributed by atoms with van der Waals surface area (Å²) in [6.07, 6.45) is 5.65. The number of benzene rings is 2. The first-order valence-corrected chi connectivity index (χ1v) is 11.2. The molecule has 1 atom stereocenters. The highest BCUT2D eigenvalue weighted by Gasteiger charge is 2.20. The van der Waals surface area contributed by atoms with Gasteiger partial charge < -0.3 is 20.7 Å². The van der Waals surface area contributed by atoms with E-state index in [0.29, 0.717) is 13.1 Å². The minimum absolute atomic E-state index is 0.0459. The molecule has 0 fully saturated rings. The zero-order chi connectivity index (χ0) is 21.7. The minimum Gasteiger partial charge on any atom is -0.445 e. The molecular weight excluding hydrogens is 390 g/mol. The fourth-order valence-electron chi connectivity index (χ4n) is 3.87. The van der Waals surface area contributed by atoms with Gasteiger partial charge in [-0.15, -0.1) is 0 Å². The van der Waals surface area contributed by atoms with E-state index in [9.17, 15) is 9.59 Å². The lowest BCUT2D eigenvalue weighted by Gasteiger charge is -2.26. The largest absolute Gasteiger partial charge is 0.445 e. The van der Waals surface area contributed by atoms with Crippen LogP contribution in [-0.4, -0.2) is 31.6 Å². The van der Waals surface area contributed by atoms with Crippen molar-refractivity contribution in [1.29, 1.82) is 0 Å². The van der Waals surface area contributed by atoms with E-state index in [1.165, 1.54) is 11.1 Å². The molecule has 1 aliphatic rings. The molecule has 31 heavy (non-hydrogen) atoms. The van der Waals surface area contributed by atoms with E-state index >= 15 is 0 Å². The summed E-state index contributed by atoms with van der Waals surface area (Å²) < 4.78 is 5.18. The van der Waals surface area contributed by atoms with Crippen molar-refractivity contribution < 1.29 is 14.3 Å². The van der Waals surface area contributed by atoms with Crippen molar-refractivity contribution in [2.75, 3.05) is 19.6 Å². The molecule has 3 rings (SSSR count). The highest BCUT2D eigenvalue weighted by molar-refractivity contribution is 5.78. The summed E-state index contributed by atoms with van der Waals surface area (Å²) in [5.74, 6) is 0.0459. The smallest absolute Gasteiger partial charge is 0.407 e. The molecule has 1 unspecified atom stereocenters. The Labute approximate surface area is 184 Å². The number of carbonyl (C=O) groups excluding carboxylic acids is 2. The van der Waals surface area contributed by atoms with Gasteiger partial charge in [0, 0.05) is 6.54 Å². The molecular formula is C25H33N3O3. The van der Waals surface area contributed by atoms with Gasteiger partial charge in [0.2, 0.25) is 5.91 Å². The maximum absolute atomic E-state index is 12.3. The molecule has 6 nitrogen and oxygen atoms in total. The van der Waals surface area contributed by atoms with Gasteiger partial charge in [0.15, 0.2) is 0 Å². The van der Waals surface area contributed by atoms with Gasteiger partial charge in [-0.05, 0) is 55.3 Å². The molecule has 0 spiro atoms. The molecule has 1 aliphatic carbocycles. The fourth-order valence-corrected chi connectivity index (χ4v) is 3.87. The lowest BCUT2D eigenvalue weighted by molar-refractivity contribution is -0.121. The molecule has 0 saturated carbocycles. The molecule has 0 aromatic heterocycles. The van der Waals surface area contributed by atoms with E-state index in [-0.39, 0.29) is 24.6 Å². The van der Waals surface area contributed by atoms with Gasteiger partial charge in [-0.2, -0.15) is 0 Å². The molecule has 2 aromatic carbocycles. The number of alkyl carbamates (subject to hydrolysis) is 1. The van der Waals surface area contributed by atoms with Gasteiger partial charge >= 0.3 is 6.09 Å². The normalized spacial score (nSPS) is 15.0. The van der Waals surface area contributed by atoms with Gasteiger partial charge in [0.25, 0.3) is 0 Å². The van der Waals surface area contributed by atoms with Gasteiger partial charge in [0.05, 0.1) is 12.6 Å². The van der Waals surface area contributed by atoms with Crippen LogP contribution in [0.1, 0.15) is 54.8 Å². The van der Waals surface area contributed by atoms with E-state index in [1.807, 2.05) is 36.4 Å². The number of carbonyl (C=O) groups is 2. The number of ether oxygens (including phenoxy) is 1. The van der Waals surface area contributed by atoms with Gasteiger partial charge in [-0.25, -0.2) is 4.79 Å². The second-order valence-corrected chi connectivity index (χ2v) is 7.94. The van der Waals surface area contributed by atoms with Gasteiger partial charge in [0.1, 0.15) is 6.61 Å². The first-order valence-electron chi connectivity index (χ1n) is 11.2. The number of hydrogen-bond acceptors (Lipinski definition) is 4. The summed E-state index contributed by atoms with van der Waals surface area (Å²) in [4.78, 5) is 23.9. The molecule has 3 N–H and O–H groups in total. The molecule has 6 heteroatoms. The quantitative estimate of drug-likeness (QED) is 0.480. The third-order valence-corrected chi connectivity index (χ3v) is 5.50. The van der Waals surface area contributed by atoms with Gasteiger partial charge in [-0.1, -0.05) is 61.0 Å². The van der Waals surface area contributed by atoms with Crippen molar-refractivity contribution in [3.63, 3.8) is 0 Å². The van der Waals surface area contributed by atoms with Crippen molar-refractivity contribution in [2.45, 2.75) is 51.2 Å². The van der Waals surface area contributed by atoms with Crippen molar-refractivity contribution in [3.05, 3.63) is 71.3 Å². The third-order valence-electron chi connectivity index (χ3n) is 5.50. The molecule has 0 heterocycles. The Hall–Kier alpha value is -2.86. The number of amides is 2. The van der Waals surface area contributed by atoms with E-state index in [0.717, 1.165) is 50.6 Å². The number of unbranched alkanes of at least 4 members (excludes halogenated alkanes) is 2. The third kappa shape index (κ3) is 8.06. The second kappa shape index (κ2) is 12.7. The van der Waals surface area contributed by atoms with Gasteiger partial charge in [-0.3, -0.25) is 4.79 Å². The SMILES string of the molecule is O=C(CNCCCCCNC(=O)OCc1ccccc1)NC1CCCc2ccccc21. The Morgan fingerprint density at radius 3 is 2.58 bits per heavy atom. The summed E-state index contributed by atoms with van der Waals surface area (Å²) in [6, 6.07) is 18.1. The van der Waals surface area contributed by atoms with E-state index in [4.69, 9.17) is 4.74 Å². The average molecular weight is 424 g/mol. The van der Waals surface area contributed by atoms with Crippen molar-refractivity contribution >= 4 is 12.0 Å². The van der Waals surface area contributed by atoms with Crippen LogP contribution in [0.15, 0.2) is 54.6 Å². The Balaban J connectivity index is 1.18. The average Bonchev–Trinajstić information content (AvgIpc) is 2.80. The summed E-state index contributed by atoms with van der Waals surface area (Å²) in [5.41, 5.74) is 3.59. The van der Waals surface area contributed by atoms with Crippen LogP contribution >= 0.6 is 0 Å². The molecule has 0 aliphatic heterocycles. The summed E-state index contributed by atoms with van der Waals surface area (Å²) >= 11 is 0. The Kier molecular flexibility index (Phi) is 9.38. The van der Waals surface area contributed by atoms with Crippen LogP contribution in [0.3, 0.4) is 0 Å². The maximum atomic E-state index is 12.3. The highest BCUT2D eigenvalue weighted by Crippen LogP contribution is 2.29. The Bertz CT molecular complexity index is 826. The molecule has 0 radical (unpaired) electrons. The molecule has 0 saturated heterocycles. The number of rotatable bonds is 11. The van der Waals surface area contributed by atoms with Crippen LogP contribution in [0.2, 0.25) is 0 Å². The van der Waals surface area contributed by atoms with Crippen LogP contribution in [-0.2, 0) is 22.6 Å². The topological polar surface area (TPSA) is 79.5 Å². The van der Waals surface area contributed by atoms with E-state index < -0.39 is 0 Å². The maximum Gasteiger partial charge on any atom is 0.407 e. The Morgan fingerprint density at radius 1 is 0.935 bits per heavy atom. The van der Waals surface area contributed by atoms with Crippen LogP contribution < -0.4 is 16.0 Å². The molecule has 2 amide bonds. The summed E-state index contributed by atoms with van der Waals surface area (Å²) in [7, 11) is 0. The van der Waals surface area contributed by atoms with Crippen LogP contribution in [0.5, 0.6) is 0 Å². The zero-order valence-electron chi connectivity index (χ0n) is 18.1. The molecule has 2 aromatic rings. The predicted octanol–water partition coefficient (Wildman–Crippen LogP) is 3.87. The fraction of sp³-hybridized carbons (Fsp3) is 0.440. The first kappa shape index (κ1) is 22.8. The van der Waals surface area contributed by atoms with Crippen molar-refractivity contribution in [1.82, 2.24) is 16.0 Å². The summed E-state index contributed by atoms with van der Waals surface area (Å²) in [5, 5.41) is 9.14. The standard InChI is InChI=1S/C25H33N3O3/c29-24(28-23-15-9-13-21-12-5-6-14-22(21)23)18-26-16-7-2-8-17-27-25(30)31-19-20-10-3-1-4-11-20/h1,3-6,10-12,14,23,26H,2,7-9,13,15-19H2,(H,27,30)(H,28,29). The number of hydrogen-bond donors (Lipinski definition) is 3. The van der Waals surface area contributed by atoms with E-state index in [1.54, 1.807) is 0 Å². The first-order chi connectivity index (χ1) is 15.2. The zero-order valence-corrected chi connectivity index (χ0v) is 18.1. The monoisotopic (exact) mass is 423 g/mol. The minimum atomic E-state index is -0.386. The Morgan fingerprint density at radius 2 is 1.71 bits per heavy atom. The van der Waals surface area contributed by atoms with Crippen LogP contribution in [0.4, 0.5) is 4.79 Å². The van der Waals surface area contributed by atoms with Crippen LogP contribution in [0.25, 0.3) is 0 Å². The lowest BCUT2D eigenvalue weighted by atomic mass is 9.88.